The third-order valence-electron chi connectivity index (χ3n) is 3.96. The average molecular weight is 379 g/mol. The highest BCUT2D eigenvalue weighted by molar-refractivity contribution is 5.93. The van der Waals surface area contributed by atoms with Crippen LogP contribution >= 0.6 is 12.4 Å². The van der Waals surface area contributed by atoms with Crippen LogP contribution in [-0.4, -0.2) is 24.9 Å². The Labute approximate surface area is 154 Å². The monoisotopic (exact) mass is 378 g/mol. The van der Waals surface area contributed by atoms with Crippen molar-refractivity contribution in [1.29, 1.82) is 0 Å². The Morgan fingerprint density at radius 2 is 1.92 bits per heavy atom. The fourth-order valence-corrected chi connectivity index (χ4v) is 2.84. The number of rotatable bonds is 4. The number of H-pyrrole nitrogens is 1. The van der Waals surface area contributed by atoms with Gasteiger partial charge in [0.15, 0.2) is 17.2 Å². The number of pyridine rings is 1. The molecule has 3 N–H and O–H groups in total. The van der Waals surface area contributed by atoms with Gasteiger partial charge in [0, 0.05) is 17.5 Å². The first-order valence-electron chi connectivity index (χ1n) is 7.76. The number of aromatic nitrogens is 1. The van der Waals surface area contributed by atoms with Gasteiger partial charge in [-0.1, -0.05) is 0 Å². The van der Waals surface area contributed by atoms with E-state index in [1.807, 2.05) is 0 Å². The Balaban J connectivity index is 0.00000196. The molecule has 8 heteroatoms. The molecule has 0 radical (unpaired) electrons. The predicted octanol–water partition coefficient (Wildman–Crippen LogP) is 2.82. The first kappa shape index (κ1) is 18.0. The number of hydrogen-bond acceptors (Lipinski definition) is 5. The largest absolute Gasteiger partial charge is 0.489 e. The van der Waals surface area contributed by atoms with Gasteiger partial charge in [0.2, 0.25) is 6.79 Å². The van der Waals surface area contributed by atoms with E-state index in [4.69, 9.17) is 19.9 Å². The van der Waals surface area contributed by atoms with Crippen molar-refractivity contribution in [3.05, 3.63) is 52.6 Å². The normalized spacial score (nSPS) is 12.1. The number of fused-ring (bicyclic) bond motifs is 2. The first-order chi connectivity index (χ1) is 12.2. The molecule has 0 fully saturated rings. The SMILES string of the molecule is Cl.NCCOc1c(-c2ccc3c(c2)OCO3)[nH]c(=O)c2cc(F)ccc12. The summed E-state index contributed by atoms with van der Waals surface area (Å²) in [5.74, 6) is 1.18. The van der Waals surface area contributed by atoms with Gasteiger partial charge in [0.1, 0.15) is 12.4 Å². The molecule has 26 heavy (non-hydrogen) atoms. The van der Waals surface area contributed by atoms with Crippen LogP contribution < -0.4 is 25.5 Å². The smallest absolute Gasteiger partial charge is 0.256 e. The summed E-state index contributed by atoms with van der Waals surface area (Å²) in [4.78, 5) is 15.2. The summed E-state index contributed by atoms with van der Waals surface area (Å²) >= 11 is 0. The van der Waals surface area contributed by atoms with Crippen LogP contribution in [-0.2, 0) is 0 Å². The average Bonchev–Trinajstić information content (AvgIpc) is 3.08. The van der Waals surface area contributed by atoms with E-state index in [-0.39, 0.29) is 31.2 Å². The Kier molecular flexibility index (Phi) is 5.01. The summed E-state index contributed by atoms with van der Waals surface area (Å²) in [5, 5.41) is 0.739. The Morgan fingerprint density at radius 1 is 1.12 bits per heavy atom. The number of nitrogens with one attached hydrogen (secondary N) is 1. The number of aromatic amines is 1. The minimum absolute atomic E-state index is 0. The van der Waals surface area contributed by atoms with E-state index in [0.29, 0.717) is 40.4 Å². The van der Waals surface area contributed by atoms with Crippen molar-refractivity contribution in [2.75, 3.05) is 19.9 Å². The lowest BCUT2D eigenvalue weighted by molar-refractivity contribution is 0.174. The molecule has 1 aromatic heterocycles. The van der Waals surface area contributed by atoms with Crippen molar-refractivity contribution in [3.8, 4) is 28.5 Å². The van der Waals surface area contributed by atoms with Gasteiger partial charge in [-0.05, 0) is 36.4 Å². The summed E-state index contributed by atoms with van der Waals surface area (Å²) in [7, 11) is 0. The zero-order chi connectivity index (χ0) is 17.4. The minimum Gasteiger partial charge on any atom is -0.489 e. The van der Waals surface area contributed by atoms with E-state index < -0.39 is 11.4 Å². The molecule has 2 aromatic carbocycles. The second-order valence-corrected chi connectivity index (χ2v) is 5.55. The lowest BCUT2D eigenvalue weighted by Gasteiger charge is -2.14. The highest BCUT2D eigenvalue weighted by Crippen LogP contribution is 2.39. The molecule has 4 rings (SSSR count). The van der Waals surface area contributed by atoms with Crippen LogP contribution in [0.4, 0.5) is 4.39 Å². The maximum absolute atomic E-state index is 13.5. The maximum Gasteiger partial charge on any atom is 0.256 e. The second kappa shape index (κ2) is 7.23. The molecule has 0 saturated carbocycles. The Morgan fingerprint density at radius 3 is 2.73 bits per heavy atom. The fourth-order valence-electron chi connectivity index (χ4n) is 2.84. The molecule has 0 atom stereocenters. The van der Waals surface area contributed by atoms with E-state index in [2.05, 4.69) is 4.98 Å². The third-order valence-corrected chi connectivity index (χ3v) is 3.96. The quantitative estimate of drug-likeness (QED) is 0.729. The van der Waals surface area contributed by atoms with Crippen molar-refractivity contribution >= 4 is 23.2 Å². The topological polar surface area (TPSA) is 86.6 Å². The van der Waals surface area contributed by atoms with E-state index in [0.717, 1.165) is 0 Å². The molecule has 1 aliphatic heterocycles. The number of benzene rings is 2. The molecule has 2 heterocycles. The van der Waals surface area contributed by atoms with E-state index >= 15 is 0 Å². The van der Waals surface area contributed by atoms with E-state index in [1.165, 1.54) is 18.2 Å². The van der Waals surface area contributed by atoms with Gasteiger partial charge < -0.3 is 24.9 Å². The van der Waals surface area contributed by atoms with Crippen LogP contribution in [0.3, 0.4) is 0 Å². The molecule has 0 spiro atoms. The molecule has 6 nitrogen and oxygen atoms in total. The van der Waals surface area contributed by atoms with Gasteiger partial charge >= 0.3 is 0 Å². The van der Waals surface area contributed by atoms with Gasteiger partial charge in [0.05, 0.1) is 11.1 Å². The summed E-state index contributed by atoms with van der Waals surface area (Å²) in [6, 6.07) is 9.33. The highest BCUT2D eigenvalue weighted by atomic mass is 35.5. The second-order valence-electron chi connectivity index (χ2n) is 5.55. The zero-order valence-corrected chi connectivity index (χ0v) is 14.4. The van der Waals surface area contributed by atoms with Gasteiger partial charge in [-0.25, -0.2) is 4.39 Å². The number of hydrogen-bond donors (Lipinski definition) is 2. The molecule has 0 unspecified atom stereocenters. The lowest BCUT2D eigenvalue weighted by Crippen LogP contribution is -2.15. The lowest BCUT2D eigenvalue weighted by atomic mass is 10.0. The third kappa shape index (κ3) is 3.07. The molecular formula is C18H16ClFN2O4. The molecule has 0 aliphatic carbocycles. The zero-order valence-electron chi connectivity index (χ0n) is 13.6. The maximum atomic E-state index is 13.5. The van der Waals surface area contributed by atoms with Crippen LogP contribution in [0.2, 0.25) is 0 Å². The van der Waals surface area contributed by atoms with Gasteiger partial charge in [-0.2, -0.15) is 0 Å². The van der Waals surface area contributed by atoms with Gasteiger partial charge in [0.25, 0.3) is 5.56 Å². The van der Waals surface area contributed by atoms with Crippen molar-refractivity contribution in [2.45, 2.75) is 0 Å². The molecule has 0 saturated heterocycles. The van der Waals surface area contributed by atoms with Crippen LogP contribution in [0, 0.1) is 5.82 Å². The number of halogens is 2. The number of ether oxygens (including phenoxy) is 3. The Hall–Kier alpha value is -2.77. The van der Waals surface area contributed by atoms with Gasteiger partial charge in [-0.15, -0.1) is 12.4 Å². The van der Waals surface area contributed by atoms with E-state index in [9.17, 15) is 9.18 Å². The molecule has 1 aliphatic rings. The first-order valence-corrected chi connectivity index (χ1v) is 7.76. The summed E-state index contributed by atoms with van der Waals surface area (Å²) in [6.45, 7) is 0.724. The molecular weight excluding hydrogens is 363 g/mol. The minimum atomic E-state index is -0.487. The molecule has 0 amide bonds. The van der Waals surface area contributed by atoms with Crippen molar-refractivity contribution < 1.29 is 18.6 Å². The highest BCUT2D eigenvalue weighted by Gasteiger charge is 2.19. The molecule has 3 aromatic rings. The van der Waals surface area contributed by atoms with Crippen LogP contribution in [0.25, 0.3) is 22.0 Å². The summed E-state index contributed by atoms with van der Waals surface area (Å²) in [6.07, 6.45) is 0. The van der Waals surface area contributed by atoms with E-state index in [1.54, 1.807) is 18.2 Å². The van der Waals surface area contributed by atoms with Crippen molar-refractivity contribution in [1.82, 2.24) is 4.98 Å². The van der Waals surface area contributed by atoms with Gasteiger partial charge in [-0.3, -0.25) is 4.79 Å². The van der Waals surface area contributed by atoms with Crippen molar-refractivity contribution in [3.63, 3.8) is 0 Å². The van der Waals surface area contributed by atoms with Crippen LogP contribution in [0.1, 0.15) is 0 Å². The molecule has 0 bridgehead atoms. The van der Waals surface area contributed by atoms with Crippen molar-refractivity contribution in [2.24, 2.45) is 5.73 Å². The predicted molar refractivity (Wildman–Crippen MR) is 97.9 cm³/mol. The summed E-state index contributed by atoms with van der Waals surface area (Å²) in [5.41, 5.74) is 6.32. The summed E-state index contributed by atoms with van der Waals surface area (Å²) < 4.78 is 30.0. The number of nitrogens with two attached hydrogens (primary N) is 1. The Bertz CT molecular complexity index is 1020. The van der Waals surface area contributed by atoms with Crippen LogP contribution in [0.5, 0.6) is 17.2 Å². The standard InChI is InChI=1S/C18H15FN2O4.ClH/c19-11-2-3-12-13(8-11)18(22)21-16(17(12)23-6-5-20)10-1-4-14-15(7-10)25-9-24-14;/h1-4,7-8H,5-6,9,20H2,(H,21,22);1H. The van der Waals surface area contributed by atoms with Crippen LogP contribution in [0.15, 0.2) is 41.2 Å². The molecule has 136 valence electrons. The fraction of sp³-hybridized carbons (Fsp3) is 0.167.